The smallest absolute Gasteiger partial charge is 0.315 e. The molecule has 0 bridgehead atoms. The van der Waals surface area contributed by atoms with Crippen molar-refractivity contribution in [2.75, 3.05) is 19.7 Å². The van der Waals surface area contributed by atoms with Gasteiger partial charge in [-0.25, -0.2) is 16.8 Å². The fraction of sp³-hybridized carbons (Fsp3) is 0.270. The number of ketones is 2. The zero-order valence-electron chi connectivity index (χ0n) is 26.7. The normalized spacial score (nSPS) is 23.9. The third-order valence-electron chi connectivity index (χ3n) is 10.3. The summed E-state index contributed by atoms with van der Waals surface area (Å²) in [5.74, 6) is -4.10. The van der Waals surface area contributed by atoms with Gasteiger partial charge in [-0.05, 0) is 79.0 Å². The molecule has 1 amide bonds. The first kappa shape index (κ1) is 32.3. The molecule has 1 spiro atoms. The Morgan fingerprint density at radius 3 is 2.58 bits per heavy atom. The fourth-order valence-electron chi connectivity index (χ4n) is 7.70. The summed E-state index contributed by atoms with van der Waals surface area (Å²) >= 11 is 6.46. The van der Waals surface area contributed by atoms with E-state index in [-0.39, 0.29) is 57.1 Å². The van der Waals surface area contributed by atoms with Gasteiger partial charge in [0.1, 0.15) is 11.7 Å². The molecule has 8 rings (SSSR count). The number of esters is 1. The zero-order chi connectivity index (χ0) is 35.1. The Hall–Kier alpha value is -4.94. The summed E-state index contributed by atoms with van der Waals surface area (Å²) < 4.78 is 48.7. The van der Waals surface area contributed by atoms with Crippen LogP contribution in [-0.2, 0) is 29.1 Å². The number of benzene rings is 2. The quantitative estimate of drug-likeness (QED) is 0.255. The monoisotopic (exact) mass is 713 g/mol. The summed E-state index contributed by atoms with van der Waals surface area (Å²) in [7, 11) is -3.90. The summed E-state index contributed by atoms with van der Waals surface area (Å²) in [6.07, 6.45) is 6.73. The molecule has 2 fully saturated rings. The van der Waals surface area contributed by atoms with E-state index in [0.29, 0.717) is 28.5 Å². The summed E-state index contributed by atoms with van der Waals surface area (Å²) in [6, 6.07) is 12.2. The lowest BCUT2D eigenvalue weighted by Gasteiger charge is -2.41. The zero-order valence-corrected chi connectivity index (χ0v) is 28.3. The van der Waals surface area contributed by atoms with Crippen molar-refractivity contribution >= 4 is 62.2 Å². The largest absolute Gasteiger partial charge is 0.457 e. The minimum Gasteiger partial charge on any atom is -0.457 e. The van der Waals surface area contributed by atoms with Crippen LogP contribution in [0, 0.1) is 18.3 Å². The van der Waals surface area contributed by atoms with Gasteiger partial charge in [-0.1, -0.05) is 29.3 Å². The minimum atomic E-state index is -3.90. The van der Waals surface area contributed by atoms with Crippen LogP contribution < -0.4 is 0 Å². The molecular weight excluding hydrogens is 685 g/mol. The van der Waals surface area contributed by atoms with Crippen LogP contribution in [0.25, 0.3) is 10.9 Å². The minimum absolute atomic E-state index is 0.0340. The van der Waals surface area contributed by atoms with Crippen LogP contribution in [0.4, 0.5) is 4.39 Å². The molecule has 0 N–H and O–H groups in total. The van der Waals surface area contributed by atoms with Crippen molar-refractivity contribution in [3.8, 4) is 0 Å². The van der Waals surface area contributed by atoms with E-state index in [4.69, 9.17) is 16.3 Å². The Kier molecular flexibility index (Phi) is 7.46. The van der Waals surface area contributed by atoms with Crippen molar-refractivity contribution in [2.45, 2.75) is 37.1 Å². The first-order chi connectivity index (χ1) is 23.9. The number of hydrogen-bond donors (Lipinski definition) is 0. The molecule has 3 aliphatic heterocycles. The molecule has 5 aliphatic rings. The molecule has 13 heteroatoms. The molecule has 1 aromatic heterocycles. The molecule has 1 saturated carbocycles. The maximum absolute atomic E-state index is 15.3. The van der Waals surface area contributed by atoms with Crippen LogP contribution in [-0.4, -0.2) is 72.7 Å². The SMILES string of the molecule is Cc1ccc(S(=O)(=O)n2ccc3cc(C(=O)COC(=O)C4CN5C(=O)CC6(CC6)C5C5=C4C4=CC(=O)C=C(F)/C4=C(\Cl)C=NC5)ccc32)cc1. The predicted molar refractivity (Wildman–Crippen MR) is 182 cm³/mol. The maximum atomic E-state index is 15.3. The van der Waals surface area contributed by atoms with E-state index in [2.05, 4.69) is 4.99 Å². The van der Waals surface area contributed by atoms with Gasteiger partial charge in [0, 0.05) is 53.4 Å². The molecular formula is C37H29ClFN3O7S. The van der Waals surface area contributed by atoms with Gasteiger partial charge in [0.05, 0.1) is 28.0 Å². The molecule has 10 nitrogen and oxygen atoms in total. The number of amides is 1. The highest BCUT2D eigenvalue weighted by molar-refractivity contribution is 7.90. The van der Waals surface area contributed by atoms with Gasteiger partial charge >= 0.3 is 5.97 Å². The molecule has 2 aliphatic carbocycles. The lowest BCUT2D eigenvalue weighted by Crippen LogP contribution is -2.49. The van der Waals surface area contributed by atoms with Crippen LogP contribution in [0.2, 0.25) is 0 Å². The number of nitrogens with zero attached hydrogens (tertiary/aromatic N) is 3. The van der Waals surface area contributed by atoms with Crippen molar-refractivity contribution in [3.05, 3.63) is 111 Å². The molecule has 0 radical (unpaired) electrons. The Morgan fingerprint density at radius 2 is 1.84 bits per heavy atom. The Bertz CT molecular complexity index is 2350. The van der Waals surface area contributed by atoms with E-state index in [0.717, 1.165) is 28.5 Å². The van der Waals surface area contributed by atoms with Gasteiger partial charge in [-0.3, -0.25) is 24.2 Å². The number of fused-ring (bicyclic) bond motifs is 6. The topological polar surface area (TPSA) is 132 Å². The van der Waals surface area contributed by atoms with Crippen molar-refractivity contribution in [1.29, 1.82) is 0 Å². The third kappa shape index (κ3) is 5.11. The fourth-order valence-corrected chi connectivity index (χ4v) is 9.32. The van der Waals surface area contributed by atoms with E-state index >= 15 is 4.39 Å². The lowest BCUT2D eigenvalue weighted by atomic mass is 9.74. The van der Waals surface area contributed by atoms with Gasteiger partial charge in [0.15, 0.2) is 18.2 Å². The molecule has 50 heavy (non-hydrogen) atoms. The number of carbonyl (C=O) groups is 4. The van der Waals surface area contributed by atoms with E-state index in [9.17, 15) is 27.6 Å². The van der Waals surface area contributed by atoms with Crippen molar-refractivity contribution < 1.29 is 36.7 Å². The molecule has 4 heterocycles. The number of ether oxygens (including phenoxy) is 1. The second-order valence-electron chi connectivity index (χ2n) is 13.4. The Morgan fingerprint density at radius 1 is 1.08 bits per heavy atom. The molecule has 2 aromatic carbocycles. The second-order valence-corrected chi connectivity index (χ2v) is 15.6. The average molecular weight is 714 g/mol. The average Bonchev–Trinajstić information content (AvgIpc) is 3.61. The van der Waals surface area contributed by atoms with Crippen LogP contribution >= 0.6 is 11.6 Å². The van der Waals surface area contributed by atoms with E-state index < -0.39 is 45.9 Å². The van der Waals surface area contributed by atoms with Crippen LogP contribution in [0.1, 0.15) is 35.2 Å². The molecule has 2 unspecified atom stereocenters. The summed E-state index contributed by atoms with van der Waals surface area (Å²) in [4.78, 5) is 59.4. The molecule has 254 valence electrons. The highest BCUT2D eigenvalue weighted by Crippen LogP contribution is 2.62. The Balaban J connectivity index is 1.09. The maximum Gasteiger partial charge on any atom is 0.315 e. The number of rotatable bonds is 6. The van der Waals surface area contributed by atoms with Crippen molar-refractivity contribution in [2.24, 2.45) is 16.3 Å². The number of aromatic nitrogens is 1. The van der Waals surface area contributed by atoms with Crippen LogP contribution in [0.3, 0.4) is 0 Å². The van der Waals surface area contributed by atoms with Crippen LogP contribution in [0.15, 0.2) is 110 Å². The standard InChI is InChI=1S/C37H29ClFN3O7S/c1-20-2-5-24(6-3-20)50(47,48)42-11-8-21-12-22(4-7-30(21)42)31(44)19-49-36(46)27-18-41-32(45)15-37(9-10-37)35(41)26-16-40-17-28(38)34-25(33(26)27)13-23(43)14-29(34)39/h2-8,11-14,17,27,35H,9-10,15-16,18-19H2,1H3/b34-28-,40-17?. The molecule has 2 atom stereocenters. The third-order valence-corrected chi connectivity index (χ3v) is 12.2. The van der Waals surface area contributed by atoms with E-state index in [1.165, 1.54) is 48.8 Å². The Labute approximate surface area is 291 Å². The number of aryl methyl sites for hydroxylation is 1. The van der Waals surface area contributed by atoms with Gasteiger partial charge in [0.2, 0.25) is 5.91 Å². The lowest BCUT2D eigenvalue weighted by molar-refractivity contribution is -0.147. The molecule has 1 saturated heterocycles. The highest BCUT2D eigenvalue weighted by atomic mass is 35.5. The summed E-state index contributed by atoms with van der Waals surface area (Å²) in [6.45, 7) is 1.21. The van der Waals surface area contributed by atoms with Gasteiger partial charge in [-0.2, -0.15) is 0 Å². The predicted octanol–water partition coefficient (Wildman–Crippen LogP) is 5.16. The summed E-state index contributed by atoms with van der Waals surface area (Å²) in [5.41, 5.74) is 2.24. The van der Waals surface area contributed by atoms with Gasteiger partial charge in [-0.15, -0.1) is 0 Å². The number of halogens is 2. The molecule has 3 aromatic rings. The van der Waals surface area contributed by atoms with Gasteiger partial charge < -0.3 is 9.64 Å². The second kappa shape index (κ2) is 11.6. The van der Waals surface area contributed by atoms with Crippen molar-refractivity contribution in [3.63, 3.8) is 0 Å². The highest BCUT2D eigenvalue weighted by Gasteiger charge is 2.63. The summed E-state index contributed by atoms with van der Waals surface area (Å²) in [5, 5.41) is 0.455. The van der Waals surface area contributed by atoms with E-state index in [1.54, 1.807) is 23.1 Å². The first-order valence-electron chi connectivity index (χ1n) is 16.1. The number of Topliss-reactive ketones (excluding diaryl/α,β-unsaturated/α-hetero) is 1. The van der Waals surface area contributed by atoms with Crippen LogP contribution in [0.5, 0.6) is 0 Å². The van der Waals surface area contributed by atoms with E-state index in [1.807, 2.05) is 6.92 Å². The first-order valence-corrected chi connectivity index (χ1v) is 17.9. The number of carbonyl (C=O) groups excluding carboxylic acids is 4. The number of allylic oxidation sites excluding steroid dienone is 6. The van der Waals surface area contributed by atoms with Gasteiger partial charge in [0.25, 0.3) is 10.0 Å². The number of aliphatic imine (C=N–C) groups is 1. The number of hydrogen-bond acceptors (Lipinski definition) is 8. The van der Waals surface area contributed by atoms with Crippen molar-refractivity contribution in [1.82, 2.24) is 8.87 Å².